The zero-order chi connectivity index (χ0) is 14.9. The van der Waals surface area contributed by atoms with Gasteiger partial charge in [-0.25, -0.2) is 18.1 Å². The van der Waals surface area contributed by atoms with Crippen LogP contribution in [0, 0.1) is 0 Å². The Bertz CT molecular complexity index is 714. The Hall–Kier alpha value is -1.18. The van der Waals surface area contributed by atoms with E-state index in [1.165, 1.54) is 24.2 Å². The molecule has 5 nitrogen and oxygen atoms in total. The highest BCUT2D eigenvalue weighted by Crippen LogP contribution is 2.38. The Kier molecular flexibility index (Phi) is 4.14. The van der Waals surface area contributed by atoms with Crippen molar-refractivity contribution >= 4 is 21.4 Å². The zero-order valence-corrected chi connectivity index (χ0v) is 13.6. The molecule has 1 N–H and O–H groups in total. The van der Waals surface area contributed by atoms with Gasteiger partial charge in [-0.15, -0.1) is 11.3 Å². The van der Waals surface area contributed by atoms with Crippen molar-refractivity contribution in [1.29, 1.82) is 0 Å². The molecule has 3 rings (SSSR count). The van der Waals surface area contributed by atoms with E-state index in [4.69, 9.17) is 0 Å². The number of hydrogen-bond acceptors (Lipinski definition) is 4. The Morgan fingerprint density at radius 1 is 1.43 bits per heavy atom. The van der Waals surface area contributed by atoms with Gasteiger partial charge in [0.25, 0.3) is 0 Å². The van der Waals surface area contributed by atoms with Gasteiger partial charge in [-0.2, -0.15) is 0 Å². The van der Waals surface area contributed by atoms with E-state index in [9.17, 15) is 8.42 Å². The first-order chi connectivity index (χ1) is 10.1. The summed E-state index contributed by atoms with van der Waals surface area (Å²) < 4.78 is 29.5. The summed E-state index contributed by atoms with van der Waals surface area (Å²) >= 11 is 1.34. The molecule has 0 bridgehead atoms. The minimum atomic E-state index is -3.39. The molecule has 1 fully saturated rings. The molecule has 1 aliphatic carbocycles. The number of aryl methyl sites for hydroxylation is 1. The maximum absolute atomic E-state index is 12.2. The fourth-order valence-corrected chi connectivity index (χ4v) is 4.64. The molecule has 1 saturated carbocycles. The monoisotopic (exact) mass is 325 g/mol. The van der Waals surface area contributed by atoms with Gasteiger partial charge in [0.05, 0.1) is 0 Å². The van der Waals surface area contributed by atoms with Crippen LogP contribution in [0.2, 0.25) is 0 Å². The van der Waals surface area contributed by atoms with Gasteiger partial charge < -0.3 is 4.57 Å². The van der Waals surface area contributed by atoms with Crippen molar-refractivity contribution in [3.8, 4) is 0 Å². The van der Waals surface area contributed by atoms with Crippen LogP contribution in [0.25, 0.3) is 0 Å². The van der Waals surface area contributed by atoms with Gasteiger partial charge in [0.15, 0.2) is 0 Å². The summed E-state index contributed by atoms with van der Waals surface area (Å²) in [5.41, 5.74) is 0. The summed E-state index contributed by atoms with van der Waals surface area (Å²) in [6.45, 7) is 3.03. The van der Waals surface area contributed by atoms with Gasteiger partial charge >= 0.3 is 0 Å². The molecular weight excluding hydrogens is 306 g/mol. The Morgan fingerprint density at radius 2 is 2.24 bits per heavy atom. The van der Waals surface area contributed by atoms with Crippen molar-refractivity contribution in [3.63, 3.8) is 0 Å². The van der Waals surface area contributed by atoms with E-state index in [1.54, 1.807) is 12.3 Å². The lowest BCUT2D eigenvalue weighted by molar-refractivity contribution is 0.571. The summed E-state index contributed by atoms with van der Waals surface area (Å²) in [6, 6.07) is 3.55. The summed E-state index contributed by atoms with van der Waals surface area (Å²) in [6.07, 6.45) is 6.95. The van der Waals surface area contributed by atoms with Crippen molar-refractivity contribution in [3.05, 3.63) is 35.2 Å². The Labute approximate surface area is 129 Å². The maximum Gasteiger partial charge on any atom is 0.250 e. The number of imidazole rings is 1. The highest BCUT2D eigenvalue weighted by Gasteiger charge is 2.27. The van der Waals surface area contributed by atoms with Crippen molar-refractivity contribution in [2.45, 2.75) is 42.9 Å². The molecule has 0 radical (unpaired) electrons. The Morgan fingerprint density at radius 3 is 2.90 bits per heavy atom. The number of nitrogens with one attached hydrogen (secondary N) is 1. The zero-order valence-electron chi connectivity index (χ0n) is 11.9. The molecule has 2 aromatic rings. The van der Waals surface area contributed by atoms with Crippen LogP contribution in [-0.4, -0.2) is 24.5 Å². The standard InChI is InChI=1S/C14H19N3O2S2/c1-2-12-5-6-13(20-12)21(18,19)16-8-10-17-9-7-15-14(17)11-3-4-11/h5-7,9,11,16H,2-4,8,10H2,1H3. The minimum Gasteiger partial charge on any atom is -0.333 e. The van der Waals surface area contributed by atoms with E-state index < -0.39 is 10.0 Å². The first kappa shape index (κ1) is 14.7. The van der Waals surface area contributed by atoms with Crippen LogP contribution >= 0.6 is 11.3 Å². The second-order valence-corrected chi connectivity index (χ2v) is 8.39. The third kappa shape index (κ3) is 3.36. The molecule has 114 valence electrons. The smallest absolute Gasteiger partial charge is 0.250 e. The van der Waals surface area contributed by atoms with E-state index >= 15 is 0 Å². The number of sulfonamides is 1. The molecule has 2 aromatic heterocycles. The van der Waals surface area contributed by atoms with E-state index in [1.807, 2.05) is 23.8 Å². The van der Waals surface area contributed by atoms with Gasteiger partial charge in [-0.1, -0.05) is 6.92 Å². The highest BCUT2D eigenvalue weighted by molar-refractivity contribution is 7.91. The molecule has 0 atom stereocenters. The molecule has 0 aromatic carbocycles. The van der Waals surface area contributed by atoms with E-state index in [0.717, 1.165) is 17.1 Å². The van der Waals surface area contributed by atoms with Crippen molar-refractivity contribution in [1.82, 2.24) is 14.3 Å². The molecule has 7 heteroatoms. The second-order valence-electron chi connectivity index (χ2n) is 5.23. The number of thiophene rings is 1. The van der Waals surface area contributed by atoms with E-state index in [-0.39, 0.29) is 0 Å². The summed E-state index contributed by atoms with van der Waals surface area (Å²) in [5, 5.41) is 0. The summed E-state index contributed by atoms with van der Waals surface area (Å²) in [5.74, 6) is 1.65. The normalized spacial score (nSPS) is 15.5. The van der Waals surface area contributed by atoms with Crippen LogP contribution in [0.3, 0.4) is 0 Å². The summed E-state index contributed by atoms with van der Waals surface area (Å²) in [4.78, 5) is 5.44. The fraction of sp³-hybridized carbons (Fsp3) is 0.500. The van der Waals surface area contributed by atoms with Crippen LogP contribution in [-0.2, 0) is 23.0 Å². The molecule has 1 aliphatic rings. The lowest BCUT2D eigenvalue weighted by atomic mass is 10.4. The van der Waals surface area contributed by atoms with Gasteiger partial charge in [0, 0.05) is 36.3 Å². The molecular formula is C14H19N3O2S2. The average Bonchev–Trinajstić information content (AvgIpc) is 3.01. The first-order valence-corrected chi connectivity index (χ1v) is 9.49. The number of aromatic nitrogens is 2. The molecule has 2 heterocycles. The van der Waals surface area contributed by atoms with E-state index in [0.29, 0.717) is 23.2 Å². The predicted molar refractivity (Wildman–Crippen MR) is 83.1 cm³/mol. The molecule has 0 amide bonds. The minimum absolute atomic E-state index is 0.387. The van der Waals surface area contributed by atoms with Gasteiger partial charge in [0.2, 0.25) is 10.0 Å². The van der Waals surface area contributed by atoms with Crippen LogP contribution in [0.1, 0.15) is 36.4 Å². The molecule has 21 heavy (non-hydrogen) atoms. The molecule has 0 spiro atoms. The topological polar surface area (TPSA) is 64.0 Å². The number of rotatable bonds is 7. The van der Waals surface area contributed by atoms with Gasteiger partial charge in [-0.3, -0.25) is 0 Å². The first-order valence-electron chi connectivity index (χ1n) is 7.19. The molecule has 0 unspecified atom stereocenters. The predicted octanol–water partition coefficient (Wildman–Crippen LogP) is 2.36. The average molecular weight is 325 g/mol. The van der Waals surface area contributed by atoms with E-state index in [2.05, 4.69) is 9.71 Å². The lowest BCUT2D eigenvalue weighted by Crippen LogP contribution is -2.27. The van der Waals surface area contributed by atoms with Crippen LogP contribution < -0.4 is 4.72 Å². The van der Waals surface area contributed by atoms with Gasteiger partial charge in [0.1, 0.15) is 10.0 Å². The van der Waals surface area contributed by atoms with Crippen LogP contribution in [0.5, 0.6) is 0 Å². The SMILES string of the molecule is CCc1ccc(S(=O)(=O)NCCn2ccnc2C2CC2)s1. The molecule has 0 saturated heterocycles. The quantitative estimate of drug-likeness (QED) is 0.850. The van der Waals surface area contributed by atoms with Gasteiger partial charge in [-0.05, 0) is 31.4 Å². The molecule has 0 aliphatic heterocycles. The maximum atomic E-state index is 12.2. The number of nitrogens with zero attached hydrogens (tertiary/aromatic N) is 2. The largest absolute Gasteiger partial charge is 0.333 e. The number of hydrogen-bond donors (Lipinski definition) is 1. The highest BCUT2D eigenvalue weighted by atomic mass is 32.2. The van der Waals surface area contributed by atoms with Crippen molar-refractivity contribution in [2.75, 3.05) is 6.54 Å². The van der Waals surface area contributed by atoms with Crippen molar-refractivity contribution < 1.29 is 8.42 Å². The van der Waals surface area contributed by atoms with Crippen LogP contribution in [0.15, 0.2) is 28.7 Å². The third-order valence-electron chi connectivity index (χ3n) is 3.59. The summed E-state index contributed by atoms with van der Waals surface area (Å²) in [7, 11) is -3.39. The fourth-order valence-electron chi connectivity index (χ4n) is 2.28. The third-order valence-corrected chi connectivity index (χ3v) is 6.77. The van der Waals surface area contributed by atoms with Crippen molar-refractivity contribution in [2.24, 2.45) is 0 Å². The van der Waals surface area contributed by atoms with Crippen LogP contribution in [0.4, 0.5) is 0 Å². The second kappa shape index (κ2) is 5.90. The Balaban J connectivity index is 1.60. The lowest BCUT2D eigenvalue weighted by Gasteiger charge is -2.08.